The first-order valence-electron chi connectivity index (χ1n) is 10.8. The van der Waals surface area contributed by atoms with Crippen LogP contribution >= 0.6 is 23.4 Å². The summed E-state index contributed by atoms with van der Waals surface area (Å²) in [5, 5.41) is 10.1. The third-order valence-corrected chi connectivity index (χ3v) is 6.64. The first kappa shape index (κ1) is 23.1. The maximum Gasteiger partial charge on any atom is 0.233 e. The lowest BCUT2D eigenvalue weighted by atomic mass is 9.97. The Bertz CT molecular complexity index is 1170. The van der Waals surface area contributed by atoms with Crippen LogP contribution in [-0.2, 0) is 11.3 Å². The predicted octanol–water partition coefficient (Wildman–Crippen LogP) is 5.96. The summed E-state index contributed by atoms with van der Waals surface area (Å²) in [4.78, 5) is 15.1. The number of carbonyl (C=O) groups is 1. The van der Waals surface area contributed by atoms with Crippen molar-refractivity contribution in [2.75, 3.05) is 12.8 Å². The van der Waals surface area contributed by atoms with E-state index >= 15 is 0 Å². The Morgan fingerprint density at radius 1 is 0.970 bits per heavy atom. The van der Waals surface area contributed by atoms with E-state index in [-0.39, 0.29) is 17.7 Å². The van der Waals surface area contributed by atoms with Gasteiger partial charge in [0.05, 0.1) is 11.8 Å². The average molecular weight is 477 g/mol. The molecule has 0 bridgehead atoms. The van der Waals surface area contributed by atoms with Crippen LogP contribution in [0.3, 0.4) is 0 Å². The summed E-state index contributed by atoms with van der Waals surface area (Å²) in [5.74, 6) is 1.03. The highest BCUT2D eigenvalue weighted by Gasteiger charge is 2.24. The number of benzene rings is 3. The molecule has 1 heterocycles. The molecular weight excluding hydrogens is 452 g/mol. The standard InChI is InChI=1S/C26H25ClN4OS/c1-3-31-25(21-15-10-16-22(27)17-21)28-29-26(31)33-18-23(32)30(2)24(19-11-6-4-7-12-19)20-13-8-5-9-14-20/h4-17,24H,3,18H2,1-2H3. The molecule has 0 atom stereocenters. The van der Waals surface area contributed by atoms with Gasteiger partial charge in [-0.25, -0.2) is 0 Å². The van der Waals surface area contributed by atoms with Gasteiger partial charge in [0.15, 0.2) is 11.0 Å². The van der Waals surface area contributed by atoms with E-state index in [2.05, 4.69) is 34.5 Å². The summed E-state index contributed by atoms with van der Waals surface area (Å²) in [5.41, 5.74) is 3.05. The van der Waals surface area contributed by atoms with Crippen molar-refractivity contribution >= 4 is 29.3 Å². The molecule has 0 radical (unpaired) electrons. The lowest BCUT2D eigenvalue weighted by Gasteiger charge is -2.29. The van der Waals surface area contributed by atoms with Crippen molar-refractivity contribution in [3.63, 3.8) is 0 Å². The number of hydrogen-bond acceptors (Lipinski definition) is 4. The Kier molecular flexibility index (Phi) is 7.47. The Morgan fingerprint density at radius 2 is 1.61 bits per heavy atom. The molecule has 1 amide bonds. The fourth-order valence-electron chi connectivity index (χ4n) is 3.80. The van der Waals surface area contributed by atoms with Gasteiger partial charge >= 0.3 is 0 Å². The summed E-state index contributed by atoms with van der Waals surface area (Å²) in [6.45, 7) is 2.73. The van der Waals surface area contributed by atoms with Crippen molar-refractivity contribution < 1.29 is 4.79 Å². The smallest absolute Gasteiger partial charge is 0.233 e. The summed E-state index contributed by atoms with van der Waals surface area (Å²) in [6, 6.07) is 27.6. The molecule has 0 aliphatic rings. The highest BCUT2D eigenvalue weighted by atomic mass is 35.5. The molecule has 7 heteroatoms. The van der Waals surface area contributed by atoms with Crippen LogP contribution in [-0.4, -0.2) is 38.4 Å². The molecule has 168 valence electrons. The van der Waals surface area contributed by atoms with Crippen LogP contribution in [0.5, 0.6) is 0 Å². The van der Waals surface area contributed by atoms with E-state index in [1.807, 2.05) is 84.1 Å². The molecule has 0 spiro atoms. The molecule has 0 fully saturated rings. The fourth-order valence-corrected chi connectivity index (χ4v) is 4.92. The van der Waals surface area contributed by atoms with Crippen LogP contribution in [0.2, 0.25) is 5.02 Å². The SMILES string of the molecule is CCn1c(SCC(=O)N(C)C(c2ccccc2)c2ccccc2)nnc1-c1cccc(Cl)c1. The maximum absolute atomic E-state index is 13.3. The number of amides is 1. The molecular formula is C26H25ClN4OS. The van der Waals surface area contributed by atoms with Gasteiger partial charge in [0.2, 0.25) is 5.91 Å². The van der Waals surface area contributed by atoms with Crippen LogP contribution in [0.15, 0.2) is 90.1 Å². The quantitative estimate of drug-likeness (QED) is 0.294. The van der Waals surface area contributed by atoms with Crippen LogP contribution in [0, 0.1) is 0 Å². The molecule has 0 N–H and O–H groups in total. The molecule has 0 saturated heterocycles. The highest BCUT2D eigenvalue weighted by molar-refractivity contribution is 7.99. The van der Waals surface area contributed by atoms with Gasteiger partial charge in [-0.05, 0) is 30.2 Å². The van der Waals surface area contributed by atoms with Crippen molar-refractivity contribution in [3.05, 3.63) is 101 Å². The van der Waals surface area contributed by atoms with Crippen LogP contribution in [0.4, 0.5) is 0 Å². The van der Waals surface area contributed by atoms with E-state index in [4.69, 9.17) is 11.6 Å². The number of thioether (sulfide) groups is 1. The van der Waals surface area contributed by atoms with E-state index in [9.17, 15) is 4.79 Å². The van der Waals surface area contributed by atoms with Crippen molar-refractivity contribution in [2.24, 2.45) is 0 Å². The molecule has 3 aromatic carbocycles. The third-order valence-electron chi connectivity index (χ3n) is 5.45. The van der Waals surface area contributed by atoms with E-state index in [1.165, 1.54) is 11.8 Å². The van der Waals surface area contributed by atoms with E-state index in [0.29, 0.717) is 16.7 Å². The minimum absolute atomic E-state index is 0.0210. The van der Waals surface area contributed by atoms with Gasteiger partial charge in [-0.3, -0.25) is 4.79 Å². The fraction of sp³-hybridized carbons (Fsp3) is 0.192. The maximum atomic E-state index is 13.3. The molecule has 0 aliphatic heterocycles. The number of aromatic nitrogens is 3. The molecule has 0 unspecified atom stereocenters. The van der Waals surface area contributed by atoms with Crippen LogP contribution in [0.1, 0.15) is 24.1 Å². The van der Waals surface area contributed by atoms with Gasteiger partial charge in [-0.15, -0.1) is 10.2 Å². The predicted molar refractivity (Wildman–Crippen MR) is 134 cm³/mol. The van der Waals surface area contributed by atoms with E-state index < -0.39 is 0 Å². The van der Waals surface area contributed by atoms with Gasteiger partial charge < -0.3 is 9.47 Å². The van der Waals surface area contributed by atoms with Gasteiger partial charge in [0, 0.05) is 24.2 Å². The minimum atomic E-state index is -0.161. The van der Waals surface area contributed by atoms with E-state index in [1.54, 1.807) is 0 Å². The van der Waals surface area contributed by atoms with Crippen molar-refractivity contribution in [1.29, 1.82) is 0 Å². The topological polar surface area (TPSA) is 51.0 Å². The number of carbonyl (C=O) groups excluding carboxylic acids is 1. The van der Waals surface area contributed by atoms with Gasteiger partial charge in [-0.1, -0.05) is 96.2 Å². The van der Waals surface area contributed by atoms with Gasteiger partial charge in [0.1, 0.15) is 0 Å². The van der Waals surface area contributed by atoms with Crippen molar-refractivity contribution in [2.45, 2.75) is 24.7 Å². The molecule has 0 saturated carbocycles. The lowest BCUT2D eigenvalue weighted by molar-refractivity contribution is -0.128. The number of nitrogens with zero attached hydrogens (tertiary/aromatic N) is 4. The van der Waals surface area contributed by atoms with Crippen molar-refractivity contribution in [3.8, 4) is 11.4 Å². The largest absolute Gasteiger partial charge is 0.334 e. The zero-order valence-corrected chi connectivity index (χ0v) is 20.1. The van der Waals surface area contributed by atoms with Gasteiger partial charge in [-0.2, -0.15) is 0 Å². The first-order chi connectivity index (χ1) is 16.1. The molecule has 4 aromatic rings. The van der Waals surface area contributed by atoms with Crippen molar-refractivity contribution in [1.82, 2.24) is 19.7 Å². The summed E-state index contributed by atoms with van der Waals surface area (Å²) in [6.07, 6.45) is 0. The summed E-state index contributed by atoms with van der Waals surface area (Å²) in [7, 11) is 1.86. The molecule has 0 aliphatic carbocycles. The Morgan fingerprint density at radius 3 is 2.18 bits per heavy atom. The second-order valence-electron chi connectivity index (χ2n) is 7.58. The molecule has 4 rings (SSSR count). The average Bonchev–Trinajstić information content (AvgIpc) is 3.27. The second-order valence-corrected chi connectivity index (χ2v) is 8.96. The normalized spacial score (nSPS) is 11.0. The number of rotatable bonds is 8. The Labute approximate surface area is 203 Å². The van der Waals surface area contributed by atoms with Gasteiger partial charge in [0.25, 0.3) is 0 Å². The van der Waals surface area contributed by atoms with E-state index in [0.717, 1.165) is 22.5 Å². The zero-order chi connectivity index (χ0) is 23.2. The zero-order valence-electron chi connectivity index (χ0n) is 18.6. The second kappa shape index (κ2) is 10.7. The lowest BCUT2D eigenvalue weighted by Crippen LogP contribution is -2.33. The first-order valence-corrected chi connectivity index (χ1v) is 12.1. The Hall–Kier alpha value is -3.09. The number of halogens is 1. The molecule has 1 aromatic heterocycles. The monoisotopic (exact) mass is 476 g/mol. The number of hydrogen-bond donors (Lipinski definition) is 0. The highest BCUT2D eigenvalue weighted by Crippen LogP contribution is 2.30. The molecule has 33 heavy (non-hydrogen) atoms. The summed E-state index contributed by atoms with van der Waals surface area (Å²) >= 11 is 7.55. The minimum Gasteiger partial charge on any atom is -0.334 e. The molecule has 5 nitrogen and oxygen atoms in total. The third kappa shape index (κ3) is 5.29. The van der Waals surface area contributed by atoms with Crippen LogP contribution in [0.25, 0.3) is 11.4 Å². The van der Waals surface area contributed by atoms with Crippen LogP contribution < -0.4 is 0 Å². The summed E-state index contributed by atoms with van der Waals surface area (Å²) < 4.78 is 2.01. The Balaban J connectivity index is 1.53.